The van der Waals surface area contributed by atoms with Crippen molar-refractivity contribution in [3.8, 4) is 0 Å². The van der Waals surface area contributed by atoms with Gasteiger partial charge < -0.3 is 14.7 Å². The number of piperidine rings is 1. The zero-order chi connectivity index (χ0) is 17.3. The van der Waals surface area contributed by atoms with Gasteiger partial charge in [-0.2, -0.15) is 4.52 Å². The van der Waals surface area contributed by atoms with Gasteiger partial charge in [0, 0.05) is 32.1 Å². The maximum atomic E-state index is 4.84. The highest BCUT2D eigenvalue weighted by Crippen LogP contribution is 2.27. The lowest BCUT2D eigenvalue weighted by molar-refractivity contribution is 0.182. The predicted octanol–water partition coefficient (Wildman–Crippen LogP) is 1.61. The van der Waals surface area contributed by atoms with Crippen LogP contribution in [0.4, 0.5) is 5.82 Å². The first-order valence-electron chi connectivity index (χ1n) is 10.3. The Morgan fingerprint density at radius 2 is 1.54 bits per heavy atom. The molecule has 0 unspecified atom stereocenters. The number of likely N-dealkylation sites (tertiary alicyclic amines) is 2. The Hall–Kier alpha value is -1.73. The van der Waals surface area contributed by atoms with Gasteiger partial charge in [-0.25, -0.2) is 0 Å². The molecule has 3 aliphatic heterocycles. The number of aromatic nitrogens is 4. The van der Waals surface area contributed by atoms with E-state index in [1.807, 2.05) is 4.52 Å². The molecule has 140 valence electrons. The molecule has 26 heavy (non-hydrogen) atoms. The maximum absolute atomic E-state index is 4.84. The summed E-state index contributed by atoms with van der Waals surface area (Å²) in [5.74, 6) is 2.60. The van der Waals surface area contributed by atoms with Crippen LogP contribution in [0.2, 0.25) is 0 Å². The SMILES string of the molecule is c1cc2nnc(C3CCN(CCN4CCCC4)CC3)n2nc1N1CCC1. The zero-order valence-corrected chi connectivity index (χ0v) is 15.6. The second-order valence-electron chi connectivity index (χ2n) is 8.02. The Morgan fingerprint density at radius 1 is 0.808 bits per heavy atom. The molecule has 0 aromatic carbocycles. The minimum Gasteiger partial charge on any atom is -0.355 e. The molecular formula is C19H29N7. The van der Waals surface area contributed by atoms with Crippen molar-refractivity contribution in [1.82, 2.24) is 29.6 Å². The van der Waals surface area contributed by atoms with Crippen molar-refractivity contribution in [2.24, 2.45) is 0 Å². The van der Waals surface area contributed by atoms with Crippen LogP contribution in [0.25, 0.3) is 5.65 Å². The molecule has 3 aliphatic rings. The maximum Gasteiger partial charge on any atom is 0.178 e. The van der Waals surface area contributed by atoms with Gasteiger partial charge in [-0.05, 0) is 70.4 Å². The second-order valence-corrected chi connectivity index (χ2v) is 8.02. The largest absolute Gasteiger partial charge is 0.355 e. The van der Waals surface area contributed by atoms with Crippen LogP contribution in [0.15, 0.2) is 12.1 Å². The normalized spacial score (nSPS) is 23.0. The Kier molecular flexibility index (Phi) is 4.50. The quantitative estimate of drug-likeness (QED) is 0.812. The van der Waals surface area contributed by atoms with Crippen LogP contribution in [0.1, 0.15) is 43.8 Å². The molecule has 7 heteroatoms. The summed E-state index contributed by atoms with van der Waals surface area (Å²) in [5.41, 5.74) is 0.876. The Balaban J connectivity index is 1.23. The van der Waals surface area contributed by atoms with Crippen LogP contribution >= 0.6 is 0 Å². The summed E-state index contributed by atoms with van der Waals surface area (Å²) in [5, 5.41) is 13.7. The average molecular weight is 355 g/mol. The molecule has 7 nitrogen and oxygen atoms in total. The topological polar surface area (TPSA) is 52.8 Å². The van der Waals surface area contributed by atoms with E-state index in [1.54, 1.807) is 0 Å². The average Bonchev–Trinajstić information content (AvgIpc) is 3.28. The van der Waals surface area contributed by atoms with Crippen LogP contribution in [0, 0.1) is 0 Å². The molecule has 0 amide bonds. The summed E-state index contributed by atoms with van der Waals surface area (Å²) in [6, 6.07) is 4.14. The predicted molar refractivity (Wildman–Crippen MR) is 102 cm³/mol. The fraction of sp³-hybridized carbons (Fsp3) is 0.737. The van der Waals surface area contributed by atoms with E-state index in [-0.39, 0.29) is 0 Å². The zero-order valence-electron chi connectivity index (χ0n) is 15.6. The highest BCUT2D eigenvalue weighted by atomic mass is 15.4. The molecule has 0 atom stereocenters. The lowest BCUT2D eigenvalue weighted by atomic mass is 9.96. The highest BCUT2D eigenvalue weighted by molar-refractivity contribution is 5.47. The van der Waals surface area contributed by atoms with Crippen LogP contribution in [-0.2, 0) is 0 Å². The molecule has 0 aliphatic carbocycles. The van der Waals surface area contributed by atoms with Gasteiger partial charge >= 0.3 is 0 Å². The van der Waals surface area contributed by atoms with E-state index in [2.05, 4.69) is 37.0 Å². The van der Waals surface area contributed by atoms with Gasteiger partial charge in [-0.1, -0.05) is 0 Å². The monoisotopic (exact) mass is 355 g/mol. The minimum atomic E-state index is 0.479. The van der Waals surface area contributed by atoms with Crippen molar-refractivity contribution in [1.29, 1.82) is 0 Å². The van der Waals surface area contributed by atoms with E-state index in [9.17, 15) is 0 Å². The number of hydrogen-bond acceptors (Lipinski definition) is 6. The molecule has 2 aromatic heterocycles. The molecule has 0 radical (unpaired) electrons. The smallest absolute Gasteiger partial charge is 0.178 e. The fourth-order valence-corrected chi connectivity index (χ4v) is 4.47. The molecule has 5 rings (SSSR count). The van der Waals surface area contributed by atoms with E-state index >= 15 is 0 Å². The van der Waals surface area contributed by atoms with Gasteiger partial charge in [0.2, 0.25) is 0 Å². The number of fused-ring (bicyclic) bond motifs is 1. The third-order valence-corrected chi connectivity index (χ3v) is 6.34. The number of rotatable bonds is 5. The van der Waals surface area contributed by atoms with E-state index in [1.165, 1.54) is 58.5 Å². The first kappa shape index (κ1) is 16.4. The van der Waals surface area contributed by atoms with Crippen molar-refractivity contribution in [2.45, 2.75) is 38.0 Å². The fourth-order valence-electron chi connectivity index (χ4n) is 4.47. The second kappa shape index (κ2) is 7.12. The van der Waals surface area contributed by atoms with E-state index < -0.39 is 0 Å². The molecule has 3 fully saturated rings. The van der Waals surface area contributed by atoms with Crippen LogP contribution in [-0.4, -0.2) is 82.0 Å². The third kappa shape index (κ3) is 3.18. The van der Waals surface area contributed by atoms with Gasteiger partial charge in [0.25, 0.3) is 0 Å². The molecule has 3 saturated heterocycles. The lowest BCUT2D eigenvalue weighted by Gasteiger charge is -2.33. The highest BCUT2D eigenvalue weighted by Gasteiger charge is 2.26. The minimum absolute atomic E-state index is 0.479. The van der Waals surface area contributed by atoms with Gasteiger partial charge in [-0.3, -0.25) is 0 Å². The summed E-state index contributed by atoms with van der Waals surface area (Å²) < 4.78 is 2.00. The summed E-state index contributed by atoms with van der Waals surface area (Å²) in [4.78, 5) is 7.56. The van der Waals surface area contributed by atoms with Crippen molar-refractivity contribution < 1.29 is 0 Å². The molecule has 5 heterocycles. The van der Waals surface area contributed by atoms with Crippen LogP contribution in [0.3, 0.4) is 0 Å². The summed E-state index contributed by atoms with van der Waals surface area (Å²) >= 11 is 0. The molecule has 0 N–H and O–H groups in total. The van der Waals surface area contributed by atoms with Gasteiger partial charge in [-0.15, -0.1) is 15.3 Å². The standard InChI is InChI=1S/C19H29N7/c1-2-9-23(8-1)14-15-24-12-6-16(7-13-24)19-21-20-17-4-5-18(22-26(17)19)25-10-3-11-25/h4-5,16H,1-3,6-15H2. The molecule has 0 bridgehead atoms. The van der Waals surface area contributed by atoms with Crippen molar-refractivity contribution in [3.05, 3.63) is 18.0 Å². The first-order chi connectivity index (χ1) is 12.9. The summed E-state index contributed by atoms with van der Waals surface area (Å²) in [6.07, 6.45) is 6.36. The van der Waals surface area contributed by atoms with Gasteiger partial charge in [0.15, 0.2) is 11.5 Å². The number of hydrogen-bond donors (Lipinski definition) is 0. The van der Waals surface area contributed by atoms with Gasteiger partial charge in [0.05, 0.1) is 0 Å². The van der Waals surface area contributed by atoms with Crippen LogP contribution < -0.4 is 4.90 Å². The third-order valence-electron chi connectivity index (χ3n) is 6.34. The summed E-state index contributed by atoms with van der Waals surface area (Å²) in [6.45, 7) is 9.61. The Morgan fingerprint density at radius 3 is 2.23 bits per heavy atom. The van der Waals surface area contributed by atoms with E-state index in [0.29, 0.717) is 5.92 Å². The van der Waals surface area contributed by atoms with Crippen LogP contribution in [0.5, 0.6) is 0 Å². The number of anilines is 1. The van der Waals surface area contributed by atoms with Crippen molar-refractivity contribution in [2.75, 3.05) is 57.3 Å². The van der Waals surface area contributed by atoms with E-state index in [0.717, 1.165) is 43.2 Å². The van der Waals surface area contributed by atoms with E-state index in [4.69, 9.17) is 5.10 Å². The van der Waals surface area contributed by atoms with Crippen molar-refractivity contribution in [3.63, 3.8) is 0 Å². The first-order valence-corrected chi connectivity index (χ1v) is 10.3. The molecule has 0 spiro atoms. The Labute approximate surface area is 155 Å². The molecule has 0 saturated carbocycles. The lowest BCUT2D eigenvalue weighted by Crippen LogP contribution is -2.39. The Bertz CT molecular complexity index is 739. The molecule has 2 aromatic rings. The van der Waals surface area contributed by atoms with Gasteiger partial charge in [0.1, 0.15) is 5.82 Å². The molecular weight excluding hydrogens is 326 g/mol. The van der Waals surface area contributed by atoms with Crippen molar-refractivity contribution >= 4 is 11.5 Å². The summed E-state index contributed by atoms with van der Waals surface area (Å²) in [7, 11) is 0. The number of nitrogens with zero attached hydrogens (tertiary/aromatic N) is 7.